The number of aliphatic hydroxyl groups is 1. The van der Waals surface area contributed by atoms with Crippen molar-refractivity contribution in [1.29, 1.82) is 0 Å². The summed E-state index contributed by atoms with van der Waals surface area (Å²) in [6.07, 6.45) is 2.09. The number of hydrogen-bond donors (Lipinski definition) is 1. The Morgan fingerprint density at radius 3 is 2.35 bits per heavy atom. The highest BCUT2D eigenvalue weighted by Crippen LogP contribution is 2.22. The van der Waals surface area contributed by atoms with Crippen LogP contribution in [0.25, 0.3) is 5.69 Å². The molecule has 0 spiro atoms. The fourth-order valence-corrected chi connectivity index (χ4v) is 2.20. The lowest BCUT2D eigenvalue weighted by Crippen LogP contribution is -2.13. The minimum Gasteiger partial charge on any atom is -0.491 e. The predicted octanol–water partition coefficient (Wildman–Crippen LogP) is 3.26. The summed E-state index contributed by atoms with van der Waals surface area (Å²) >= 11 is 0. The zero-order valence-electron chi connectivity index (χ0n) is 12.1. The van der Waals surface area contributed by atoms with E-state index in [1.807, 2.05) is 6.07 Å². The van der Waals surface area contributed by atoms with Gasteiger partial charge >= 0.3 is 0 Å². The maximum absolute atomic E-state index is 13.6. The van der Waals surface area contributed by atoms with Crippen LogP contribution in [0.3, 0.4) is 0 Å². The van der Waals surface area contributed by atoms with Crippen LogP contribution in [0.5, 0.6) is 5.75 Å². The minimum atomic E-state index is -1.39. The molecule has 1 heterocycles. The van der Waals surface area contributed by atoms with E-state index in [-0.39, 0.29) is 12.2 Å². The highest BCUT2D eigenvalue weighted by atomic mass is 19.1. The molecule has 118 valence electrons. The fraction of sp³-hybridized carbons (Fsp3) is 0.118. The van der Waals surface area contributed by atoms with Crippen molar-refractivity contribution in [2.45, 2.75) is 6.10 Å². The summed E-state index contributed by atoms with van der Waals surface area (Å²) in [5.41, 5.74) is 0.462. The first-order valence-corrected chi connectivity index (χ1v) is 7.00. The Balaban J connectivity index is 1.66. The van der Waals surface area contributed by atoms with Crippen LogP contribution in [0.4, 0.5) is 8.78 Å². The van der Waals surface area contributed by atoms with Gasteiger partial charge in [-0.05, 0) is 42.5 Å². The molecule has 3 rings (SSSR count). The molecule has 1 unspecified atom stereocenters. The van der Waals surface area contributed by atoms with Crippen LogP contribution in [0, 0.1) is 11.6 Å². The van der Waals surface area contributed by atoms with Crippen LogP contribution >= 0.6 is 0 Å². The van der Waals surface area contributed by atoms with Gasteiger partial charge in [-0.25, -0.2) is 13.5 Å². The summed E-state index contributed by atoms with van der Waals surface area (Å²) in [6.45, 7) is -0.251. The van der Waals surface area contributed by atoms with Crippen molar-refractivity contribution >= 4 is 0 Å². The first-order chi connectivity index (χ1) is 11.1. The molecule has 0 bridgehead atoms. The number of ether oxygens (including phenoxy) is 1. The molecule has 0 aliphatic heterocycles. The number of rotatable bonds is 5. The Morgan fingerprint density at radius 1 is 1.04 bits per heavy atom. The van der Waals surface area contributed by atoms with Gasteiger partial charge in [-0.2, -0.15) is 5.10 Å². The highest BCUT2D eigenvalue weighted by Gasteiger charge is 2.18. The molecule has 6 heteroatoms. The monoisotopic (exact) mass is 316 g/mol. The molecule has 3 aromatic rings. The second-order valence-electron chi connectivity index (χ2n) is 4.91. The van der Waals surface area contributed by atoms with E-state index < -0.39 is 17.7 Å². The summed E-state index contributed by atoms with van der Waals surface area (Å²) in [5.74, 6) is -1.11. The van der Waals surface area contributed by atoms with Crippen molar-refractivity contribution in [1.82, 2.24) is 9.78 Å². The van der Waals surface area contributed by atoms with Crippen molar-refractivity contribution in [3.63, 3.8) is 0 Å². The Bertz CT molecular complexity index is 754. The van der Waals surface area contributed by atoms with Gasteiger partial charge in [-0.3, -0.25) is 0 Å². The van der Waals surface area contributed by atoms with Crippen LogP contribution in [-0.4, -0.2) is 21.5 Å². The van der Waals surface area contributed by atoms with Crippen LogP contribution < -0.4 is 4.74 Å². The van der Waals surface area contributed by atoms with Gasteiger partial charge in [0, 0.05) is 12.4 Å². The van der Waals surface area contributed by atoms with E-state index in [0.717, 1.165) is 17.8 Å². The lowest BCUT2D eigenvalue weighted by Gasteiger charge is -2.14. The zero-order valence-corrected chi connectivity index (χ0v) is 12.1. The number of hydrogen-bond acceptors (Lipinski definition) is 3. The molecule has 0 aliphatic rings. The molecule has 1 aromatic heterocycles. The summed E-state index contributed by atoms with van der Waals surface area (Å²) in [7, 11) is 0. The van der Waals surface area contributed by atoms with Crippen molar-refractivity contribution in [2.75, 3.05) is 6.61 Å². The fourth-order valence-electron chi connectivity index (χ4n) is 2.20. The molecule has 0 amide bonds. The Hall–Kier alpha value is -2.73. The first kappa shape index (κ1) is 15.2. The molecule has 0 fully saturated rings. The van der Waals surface area contributed by atoms with Gasteiger partial charge in [-0.15, -0.1) is 0 Å². The summed E-state index contributed by atoms with van der Waals surface area (Å²) in [4.78, 5) is 0. The second-order valence-corrected chi connectivity index (χ2v) is 4.91. The topological polar surface area (TPSA) is 47.3 Å². The smallest absolute Gasteiger partial charge is 0.132 e. The van der Waals surface area contributed by atoms with E-state index in [1.165, 1.54) is 6.07 Å². The van der Waals surface area contributed by atoms with Gasteiger partial charge in [0.05, 0.1) is 11.3 Å². The maximum atomic E-state index is 13.6. The van der Waals surface area contributed by atoms with Crippen LogP contribution in [0.1, 0.15) is 11.7 Å². The van der Waals surface area contributed by atoms with Gasteiger partial charge in [0.15, 0.2) is 0 Å². The third kappa shape index (κ3) is 3.37. The largest absolute Gasteiger partial charge is 0.491 e. The lowest BCUT2D eigenvalue weighted by molar-refractivity contribution is 0.101. The summed E-state index contributed by atoms with van der Waals surface area (Å²) in [6, 6.07) is 12.2. The summed E-state index contributed by atoms with van der Waals surface area (Å²) in [5, 5.41) is 14.0. The molecule has 23 heavy (non-hydrogen) atoms. The van der Waals surface area contributed by atoms with Crippen molar-refractivity contribution in [2.24, 2.45) is 0 Å². The maximum Gasteiger partial charge on any atom is 0.132 e. The minimum absolute atomic E-state index is 0.251. The average Bonchev–Trinajstić information content (AvgIpc) is 3.08. The van der Waals surface area contributed by atoms with Gasteiger partial charge in [0.1, 0.15) is 30.1 Å². The number of aliphatic hydroxyl groups excluding tert-OH is 1. The standard InChI is InChI=1S/C17H14F2N2O2/c18-14-3-1-4-15(19)17(14)16(22)11-23-13-7-5-12(6-8-13)21-10-2-9-20-21/h1-10,16,22H,11H2. The first-order valence-electron chi connectivity index (χ1n) is 7.00. The van der Waals surface area contributed by atoms with E-state index >= 15 is 0 Å². The molecule has 0 saturated heterocycles. The van der Waals surface area contributed by atoms with Crippen LogP contribution in [0.2, 0.25) is 0 Å². The third-order valence-electron chi connectivity index (χ3n) is 3.35. The molecular weight excluding hydrogens is 302 g/mol. The van der Waals surface area contributed by atoms with Crippen molar-refractivity contribution in [3.05, 3.63) is 78.1 Å². The molecule has 2 aromatic carbocycles. The van der Waals surface area contributed by atoms with E-state index in [4.69, 9.17) is 4.74 Å². The van der Waals surface area contributed by atoms with Gasteiger partial charge in [0.2, 0.25) is 0 Å². The van der Waals surface area contributed by atoms with Crippen LogP contribution in [-0.2, 0) is 0 Å². The van der Waals surface area contributed by atoms with Gasteiger partial charge < -0.3 is 9.84 Å². The van der Waals surface area contributed by atoms with E-state index in [0.29, 0.717) is 5.75 Å². The van der Waals surface area contributed by atoms with E-state index in [2.05, 4.69) is 5.10 Å². The molecule has 0 radical (unpaired) electrons. The number of nitrogens with zero attached hydrogens (tertiary/aromatic N) is 2. The Morgan fingerprint density at radius 2 is 1.74 bits per heavy atom. The molecule has 0 aliphatic carbocycles. The molecule has 4 nitrogen and oxygen atoms in total. The highest BCUT2D eigenvalue weighted by molar-refractivity contribution is 5.36. The second kappa shape index (κ2) is 6.58. The molecule has 0 saturated carbocycles. The van der Waals surface area contributed by atoms with Gasteiger partial charge in [0.25, 0.3) is 0 Å². The van der Waals surface area contributed by atoms with Crippen LogP contribution in [0.15, 0.2) is 60.9 Å². The number of benzene rings is 2. The normalized spacial score (nSPS) is 12.1. The third-order valence-corrected chi connectivity index (χ3v) is 3.35. The van der Waals surface area contributed by atoms with Crippen molar-refractivity contribution < 1.29 is 18.6 Å². The summed E-state index contributed by atoms with van der Waals surface area (Å²) < 4.78 is 34.2. The molecular formula is C17H14F2N2O2. The number of halogens is 2. The molecule has 1 N–H and O–H groups in total. The quantitative estimate of drug-likeness (QED) is 0.786. The van der Waals surface area contributed by atoms with Gasteiger partial charge in [-0.1, -0.05) is 6.07 Å². The Kier molecular flexibility index (Phi) is 4.34. The number of aromatic nitrogens is 2. The zero-order chi connectivity index (χ0) is 16.2. The van der Waals surface area contributed by atoms with Crippen molar-refractivity contribution in [3.8, 4) is 11.4 Å². The lowest BCUT2D eigenvalue weighted by atomic mass is 10.1. The van der Waals surface area contributed by atoms with E-state index in [1.54, 1.807) is 41.3 Å². The SMILES string of the molecule is OC(COc1ccc(-n2cccn2)cc1)c1c(F)cccc1F. The van der Waals surface area contributed by atoms with E-state index in [9.17, 15) is 13.9 Å². The average molecular weight is 316 g/mol. The Labute approximate surface area is 131 Å². The predicted molar refractivity (Wildman–Crippen MR) is 80.4 cm³/mol. The molecule has 1 atom stereocenters.